The zero-order valence-electron chi connectivity index (χ0n) is 24.6. The number of fused-ring (bicyclic) bond motifs is 2. The SMILES string of the molecule is C=C(/C=C\C=C(\Cl)CF)[C@H]1[C@H](C(=O)NC2CCC(O)CC2)N(C(C)=O)[C@@H](CC(C)(C)C)[C@@]12C(=O)Nc1cc(Cl)ccc12. The number of anilines is 1. The lowest BCUT2D eigenvalue weighted by Gasteiger charge is -2.39. The highest BCUT2D eigenvalue weighted by Crippen LogP contribution is 2.58. The number of likely N-dealkylation sites (tertiary alicyclic amines) is 1. The Morgan fingerprint density at radius 2 is 1.93 bits per heavy atom. The fourth-order valence-corrected chi connectivity index (χ4v) is 7.20. The minimum Gasteiger partial charge on any atom is -0.393 e. The molecule has 4 rings (SSSR count). The summed E-state index contributed by atoms with van der Waals surface area (Å²) in [6.45, 7) is 11.0. The number of benzene rings is 1. The molecule has 0 unspecified atom stereocenters. The normalized spacial score (nSPS) is 29.6. The fourth-order valence-electron chi connectivity index (χ4n) is 6.96. The highest BCUT2D eigenvalue weighted by molar-refractivity contribution is 6.31. The van der Waals surface area contributed by atoms with Crippen LogP contribution in [0.1, 0.15) is 65.4 Å². The van der Waals surface area contributed by atoms with E-state index in [9.17, 15) is 23.9 Å². The number of alkyl halides is 1. The molecule has 3 amide bonds. The number of hydrogen-bond donors (Lipinski definition) is 3. The molecule has 7 nitrogen and oxygen atoms in total. The maximum absolute atomic E-state index is 14.4. The van der Waals surface area contributed by atoms with Gasteiger partial charge < -0.3 is 20.6 Å². The van der Waals surface area contributed by atoms with Crippen LogP contribution in [0.15, 0.2) is 53.6 Å². The third-order valence-electron chi connectivity index (χ3n) is 8.61. The van der Waals surface area contributed by atoms with E-state index in [1.165, 1.54) is 13.0 Å². The van der Waals surface area contributed by atoms with E-state index in [1.54, 1.807) is 35.3 Å². The largest absolute Gasteiger partial charge is 0.393 e. The average molecular weight is 621 g/mol. The summed E-state index contributed by atoms with van der Waals surface area (Å²) in [4.78, 5) is 43.8. The number of allylic oxidation sites excluding steroid dienone is 4. The van der Waals surface area contributed by atoms with E-state index < -0.39 is 36.2 Å². The van der Waals surface area contributed by atoms with Crippen LogP contribution in [0, 0.1) is 11.3 Å². The Morgan fingerprint density at radius 1 is 1.26 bits per heavy atom. The predicted octanol–water partition coefficient (Wildman–Crippen LogP) is 5.81. The second kappa shape index (κ2) is 12.5. The van der Waals surface area contributed by atoms with E-state index in [0.717, 1.165) is 0 Å². The smallest absolute Gasteiger partial charge is 0.243 e. The molecule has 1 saturated carbocycles. The van der Waals surface area contributed by atoms with Gasteiger partial charge in [0.05, 0.1) is 12.1 Å². The molecule has 4 atom stereocenters. The molecule has 0 radical (unpaired) electrons. The second-order valence-electron chi connectivity index (χ2n) is 12.8. The van der Waals surface area contributed by atoms with Gasteiger partial charge in [0.1, 0.15) is 18.1 Å². The van der Waals surface area contributed by atoms with Gasteiger partial charge >= 0.3 is 0 Å². The quantitative estimate of drug-likeness (QED) is 0.336. The number of nitrogens with one attached hydrogen (secondary N) is 2. The van der Waals surface area contributed by atoms with E-state index in [0.29, 0.717) is 54.0 Å². The van der Waals surface area contributed by atoms with Gasteiger partial charge in [-0.2, -0.15) is 0 Å². The van der Waals surface area contributed by atoms with Crippen LogP contribution in [0.3, 0.4) is 0 Å². The third kappa shape index (κ3) is 6.17. The summed E-state index contributed by atoms with van der Waals surface area (Å²) in [6, 6.07) is 3.24. The number of carbonyl (C=O) groups is 3. The number of aliphatic hydroxyl groups is 1. The first-order valence-corrected chi connectivity index (χ1v) is 15.1. The van der Waals surface area contributed by atoms with Gasteiger partial charge in [0.15, 0.2) is 0 Å². The van der Waals surface area contributed by atoms with Crippen LogP contribution in [0.4, 0.5) is 10.1 Å². The first-order valence-electron chi connectivity index (χ1n) is 14.4. The lowest BCUT2D eigenvalue weighted by Crippen LogP contribution is -2.53. The summed E-state index contributed by atoms with van der Waals surface area (Å²) in [6.07, 6.45) is 6.94. The third-order valence-corrected chi connectivity index (χ3v) is 9.08. The van der Waals surface area contributed by atoms with E-state index in [-0.39, 0.29) is 34.2 Å². The minimum absolute atomic E-state index is 0.0106. The van der Waals surface area contributed by atoms with Crippen LogP contribution in [0.25, 0.3) is 0 Å². The summed E-state index contributed by atoms with van der Waals surface area (Å²) in [5.41, 5.74) is -0.0946. The lowest BCUT2D eigenvalue weighted by molar-refractivity contribution is -0.140. The van der Waals surface area contributed by atoms with Crippen molar-refractivity contribution in [1.29, 1.82) is 0 Å². The van der Waals surface area contributed by atoms with Crippen LogP contribution in [0.2, 0.25) is 5.02 Å². The number of nitrogens with zero attached hydrogens (tertiary/aromatic N) is 1. The molecule has 228 valence electrons. The minimum atomic E-state index is -1.36. The van der Waals surface area contributed by atoms with Gasteiger partial charge in [-0.25, -0.2) is 4.39 Å². The van der Waals surface area contributed by atoms with E-state index >= 15 is 0 Å². The number of rotatable bonds is 7. The van der Waals surface area contributed by atoms with E-state index in [1.807, 2.05) is 20.8 Å². The number of carbonyl (C=O) groups excluding carboxylic acids is 3. The second-order valence-corrected chi connectivity index (χ2v) is 13.8. The topological polar surface area (TPSA) is 98.7 Å². The van der Waals surface area contributed by atoms with Crippen molar-refractivity contribution in [3.05, 3.63) is 64.2 Å². The number of hydrogen-bond acceptors (Lipinski definition) is 4. The molecule has 2 heterocycles. The number of halogens is 3. The molecule has 3 aliphatic rings. The van der Waals surface area contributed by atoms with Crippen molar-refractivity contribution < 1.29 is 23.9 Å². The van der Waals surface area contributed by atoms with Crippen molar-refractivity contribution in [3.63, 3.8) is 0 Å². The van der Waals surface area contributed by atoms with Crippen molar-refractivity contribution in [2.75, 3.05) is 12.0 Å². The Balaban J connectivity index is 1.93. The Hall–Kier alpha value is -2.68. The van der Waals surface area contributed by atoms with Gasteiger partial charge in [-0.15, -0.1) is 0 Å². The van der Waals surface area contributed by atoms with Crippen LogP contribution in [0.5, 0.6) is 0 Å². The Morgan fingerprint density at radius 3 is 2.52 bits per heavy atom. The molecule has 1 aromatic carbocycles. The molecular formula is C32H40Cl2FN3O4. The molecular weight excluding hydrogens is 580 g/mol. The maximum atomic E-state index is 14.4. The monoisotopic (exact) mass is 619 g/mol. The molecule has 10 heteroatoms. The maximum Gasteiger partial charge on any atom is 0.243 e. The summed E-state index contributed by atoms with van der Waals surface area (Å²) in [5.74, 6) is -1.92. The summed E-state index contributed by atoms with van der Waals surface area (Å²) >= 11 is 12.2. The van der Waals surface area contributed by atoms with Crippen molar-refractivity contribution in [2.24, 2.45) is 11.3 Å². The molecule has 0 bridgehead atoms. The van der Waals surface area contributed by atoms with Crippen LogP contribution < -0.4 is 10.6 Å². The molecule has 1 spiro atoms. The molecule has 3 N–H and O–H groups in total. The molecule has 1 saturated heterocycles. The summed E-state index contributed by atoms with van der Waals surface area (Å²) in [7, 11) is 0. The predicted molar refractivity (Wildman–Crippen MR) is 164 cm³/mol. The highest BCUT2D eigenvalue weighted by atomic mass is 35.5. The first kappa shape index (κ1) is 32.2. The molecule has 1 aromatic rings. The Labute approximate surface area is 257 Å². The molecule has 1 aliphatic carbocycles. The zero-order chi connectivity index (χ0) is 31.0. The van der Waals surface area contributed by atoms with E-state index in [2.05, 4.69) is 17.2 Å². The molecule has 2 fully saturated rings. The van der Waals surface area contributed by atoms with Gasteiger partial charge in [0, 0.05) is 34.6 Å². The van der Waals surface area contributed by atoms with Gasteiger partial charge in [-0.05, 0) is 66.9 Å². The van der Waals surface area contributed by atoms with Crippen molar-refractivity contribution in [3.8, 4) is 0 Å². The molecule has 0 aromatic heterocycles. The van der Waals surface area contributed by atoms with Crippen molar-refractivity contribution >= 4 is 46.6 Å². The van der Waals surface area contributed by atoms with Crippen LogP contribution >= 0.6 is 23.2 Å². The van der Waals surface area contributed by atoms with Crippen LogP contribution in [-0.4, -0.2) is 58.6 Å². The zero-order valence-corrected chi connectivity index (χ0v) is 26.1. The Bertz CT molecular complexity index is 1320. The number of aliphatic hydroxyl groups excluding tert-OH is 1. The van der Waals surface area contributed by atoms with Gasteiger partial charge in [0.25, 0.3) is 0 Å². The van der Waals surface area contributed by atoms with Crippen LogP contribution in [-0.2, 0) is 19.8 Å². The standard InChI is InChI=1S/C32H40Cl2FN3O4/c1-18(7-6-8-21(34)17-35)27-28(29(41)36-22-10-12-23(40)13-11-22)38(19(2)39)26(16-31(3,4)5)32(27)24-14-9-20(33)15-25(24)37-30(32)42/h6-9,14-15,22-23,26-28,40H,1,10-13,16-17H2,2-5H3,(H,36,41)(H,37,42)/b7-6-,21-8+/t22?,23?,26-,27-,28+,32+/m0/s1. The average Bonchev–Trinajstić information content (AvgIpc) is 3.36. The molecule has 42 heavy (non-hydrogen) atoms. The van der Waals surface area contributed by atoms with Gasteiger partial charge in [-0.3, -0.25) is 14.4 Å². The van der Waals surface area contributed by atoms with Gasteiger partial charge in [0.2, 0.25) is 17.7 Å². The van der Waals surface area contributed by atoms with Crippen molar-refractivity contribution in [2.45, 2.75) is 89.4 Å². The van der Waals surface area contributed by atoms with E-state index in [4.69, 9.17) is 23.2 Å². The fraction of sp³-hybridized carbons (Fsp3) is 0.531. The van der Waals surface area contributed by atoms with Gasteiger partial charge in [-0.1, -0.05) is 68.8 Å². The molecule has 2 aliphatic heterocycles. The number of amides is 3. The highest BCUT2D eigenvalue weighted by Gasteiger charge is 2.69. The summed E-state index contributed by atoms with van der Waals surface area (Å²) in [5, 5.41) is 16.5. The lowest BCUT2D eigenvalue weighted by atomic mass is 9.62. The summed E-state index contributed by atoms with van der Waals surface area (Å²) < 4.78 is 13.0. The first-order chi connectivity index (χ1) is 19.7. The Kier molecular flexibility index (Phi) is 9.60. The van der Waals surface area contributed by atoms with Crippen molar-refractivity contribution in [1.82, 2.24) is 10.2 Å².